The summed E-state index contributed by atoms with van der Waals surface area (Å²) in [6.45, 7) is 4.48. The molecular formula is C15H23N3O2S. The van der Waals surface area contributed by atoms with Crippen molar-refractivity contribution < 1.29 is 9.53 Å². The van der Waals surface area contributed by atoms with Crippen LogP contribution in [0.3, 0.4) is 0 Å². The van der Waals surface area contributed by atoms with Gasteiger partial charge in [0.2, 0.25) is 5.91 Å². The number of ether oxygens (including phenoxy) is 1. The number of thiocarbonyl (C=S) groups is 1. The Balaban J connectivity index is 2.40. The number of rotatable bonds is 8. The number of hydrogen-bond donors (Lipinski definition) is 1. The number of hydrogen-bond acceptors (Lipinski definition) is 4. The van der Waals surface area contributed by atoms with Crippen molar-refractivity contribution >= 4 is 23.1 Å². The van der Waals surface area contributed by atoms with Crippen molar-refractivity contribution in [3.8, 4) is 5.75 Å². The number of nitrogens with zero attached hydrogens (tertiary/aromatic N) is 2. The standard InChI is InChI=1S/C15H23N3O2S/c1-4-18(11-14(19)17(2)3)9-10-20-13-7-5-12(6-8-13)15(16)21/h5-8H,4,9-11H2,1-3H3,(H2,16,21). The summed E-state index contributed by atoms with van der Waals surface area (Å²) in [5, 5.41) is 0. The molecule has 0 aliphatic carbocycles. The van der Waals surface area contributed by atoms with Gasteiger partial charge in [-0.3, -0.25) is 9.69 Å². The van der Waals surface area contributed by atoms with Crippen molar-refractivity contribution in [2.24, 2.45) is 5.73 Å². The van der Waals surface area contributed by atoms with Crippen molar-refractivity contribution in [3.63, 3.8) is 0 Å². The second kappa shape index (κ2) is 8.59. The zero-order valence-corrected chi connectivity index (χ0v) is 13.7. The molecule has 116 valence electrons. The van der Waals surface area contributed by atoms with Gasteiger partial charge >= 0.3 is 0 Å². The number of carbonyl (C=O) groups excluding carboxylic acids is 1. The zero-order valence-electron chi connectivity index (χ0n) is 12.8. The summed E-state index contributed by atoms with van der Waals surface area (Å²) in [5.41, 5.74) is 6.36. The molecule has 0 atom stereocenters. The summed E-state index contributed by atoms with van der Waals surface area (Å²) >= 11 is 4.90. The van der Waals surface area contributed by atoms with Crippen molar-refractivity contribution in [2.45, 2.75) is 6.92 Å². The highest BCUT2D eigenvalue weighted by Gasteiger charge is 2.10. The first-order valence-corrected chi connectivity index (χ1v) is 7.30. The Labute approximate surface area is 131 Å². The largest absolute Gasteiger partial charge is 0.492 e. The lowest BCUT2D eigenvalue weighted by Crippen LogP contribution is -2.38. The van der Waals surface area contributed by atoms with E-state index < -0.39 is 0 Å². The van der Waals surface area contributed by atoms with Gasteiger partial charge in [0.05, 0.1) is 6.54 Å². The zero-order chi connectivity index (χ0) is 15.8. The van der Waals surface area contributed by atoms with Crippen LogP contribution in [0.5, 0.6) is 5.75 Å². The molecular weight excluding hydrogens is 286 g/mol. The molecule has 0 saturated carbocycles. The Morgan fingerprint density at radius 2 is 1.90 bits per heavy atom. The Morgan fingerprint density at radius 3 is 2.38 bits per heavy atom. The first-order chi connectivity index (χ1) is 9.93. The Kier molecular flexibility index (Phi) is 7.11. The lowest BCUT2D eigenvalue weighted by Gasteiger charge is -2.21. The van der Waals surface area contributed by atoms with Gasteiger partial charge in [-0.15, -0.1) is 0 Å². The summed E-state index contributed by atoms with van der Waals surface area (Å²) in [6, 6.07) is 7.36. The average molecular weight is 309 g/mol. The van der Waals surface area contributed by atoms with Crippen LogP contribution in [0.2, 0.25) is 0 Å². The molecule has 1 aromatic carbocycles. The van der Waals surface area contributed by atoms with Crippen LogP contribution in [0.15, 0.2) is 24.3 Å². The second-order valence-corrected chi connectivity index (χ2v) is 5.33. The van der Waals surface area contributed by atoms with Crippen LogP contribution in [-0.2, 0) is 4.79 Å². The van der Waals surface area contributed by atoms with E-state index in [0.29, 0.717) is 24.7 Å². The fourth-order valence-electron chi connectivity index (χ4n) is 1.69. The quantitative estimate of drug-likeness (QED) is 0.729. The molecule has 0 heterocycles. The predicted molar refractivity (Wildman–Crippen MR) is 88.6 cm³/mol. The highest BCUT2D eigenvalue weighted by atomic mass is 32.1. The molecule has 0 unspecified atom stereocenters. The van der Waals surface area contributed by atoms with Crippen molar-refractivity contribution in [3.05, 3.63) is 29.8 Å². The van der Waals surface area contributed by atoms with Crippen LogP contribution in [-0.4, -0.2) is 61.0 Å². The molecule has 2 N–H and O–H groups in total. The summed E-state index contributed by atoms with van der Waals surface area (Å²) in [6.07, 6.45) is 0. The first-order valence-electron chi connectivity index (χ1n) is 6.89. The van der Waals surface area contributed by atoms with Crippen LogP contribution >= 0.6 is 12.2 Å². The molecule has 6 heteroatoms. The van der Waals surface area contributed by atoms with Crippen molar-refractivity contribution in [1.29, 1.82) is 0 Å². The molecule has 0 fully saturated rings. The average Bonchev–Trinajstić information content (AvgIpc) is 2.46. The Hall–Kier alpha value is -1.66. The summed E-state index contributed by atoms with van der Waals surface area (Å²) in [5.74, 6) is 0.864. The maximum absolute atomic E-state index is 11.7. The Bertz CT molecular complexity index is 474. The molecule has 1 rings (SSSR count). The molecule has 0 saturated heterocycles. The van der Waals surface area contributed by atoms with E-state index in [1.807, 2.05) is 36.1 Å². The van der Waals surface area contributed by atoms with Crippen molar-refractivity contribution in [1.82, 2.24) is 9.80 Å². The lowest BCUT2D eigenvalue weighted by atomic mass is 10.2. The summed E-state index contributed by atoms with van der Waals surface area (Å²) in [4.78, 5) is 15.7. The SMILES string of the molecule is CCN(CCOc1ccc(C(N)=S)cc1)CC(=O)N(C)C. The smallest absolute Gasteiger partial charge is 0.236 e. The summed E-state index contributed by atoms with van der Waals surface area (Å²) < 4.78 is 5.66. The fourth-order valence-corrected chi connectivity index (χ4v) is 1.83. The highest BCUT2D eigenvalue weighted by molar-refractivity contribution is 7.80. The van der Waals surface area contributed by atoms with E-state index >= 15 is 0 Å². The van der Waals surface area contributed by atoms with Gasteiger partial charge in [-0.25, -0.2) is 0 Å². The third-order valence-electron chi connectivity index (χ3n) is 3.12. The van der Waals surface area contributed by atoms with E-state index in [0.717, 1.165) is 17.9 Å². The Morgan fingerprint density at radius 1 is 1.29 bits per heavy atom. The first kappa shape index (κ1) is 17.4. The van der Waals surface area contributed by atoms with E-state index in [1.54, 1.807) is 19.0 Å². The van der Waals surface area contributed by atoms with E-state index in [2.05, 4.69) is 0 Å². The molecule has 0 aliphatic rings. The van der Waals surface area contributed by atoms with Gasteiger partial charge in [0.15, 0.2) is 0 Å². The maximum atomic E-state index is 11.7. The van der Waals surface area contributed by atoms with Crippen molar-refractivity contribution in [2.75, 3.05) is 40.3 Å². The number of benzene rings is 1. The van der Waals surface area contributed by atoms with Crippen LogP contribution in [0.1, 0.15) is 12.5 Å². The van der Waals surface area contributed by atoms with Crippen LogP contribution in [0.25, 0.3) is 0 Å². The molecule has 21 heavy (non-hydrogen) atoms. The van der Waals surface area contributed by atoms with Crippen LogP contribution in [0.4, 0.5) is 0 Å². The van der Waals surface area contributed by atoms with E-state index in [4.69, 9.17) is 22.7 Å². The van der Waals surface area contributed by atoms with Gasteiger partial charge in [0.25, 0.3) is 0 Å². The number of carbonyl (C=O) groups is 1. The minimum absolute atomic E-state index is 0.0951. The normalized spacial score (nSPS) is 10.5. The van der Waals surface area contributed by atoms with Crippen LogP contribution in [0, 0.1) is 0 Å². The molecule has 1 aromatic rings. The third-order valence-corrected chi connectivity index (χ3v) is 3.36. The van der Waals surface area contributed by atoms with Gasteiger partial charge in [0.1, 0.15) is 17.3 Å². The minimum atomic E-state index is 0.0951. The molecule has 0 bridgehead atoms. The van der Waals surface area contributed by atoms with Gasteiger partial charge < -0.3 is 15.4 Å². The number of amides is 1. The molecule has 5 nitrogen and oxygen atoms in total. The molecule has 1 amide bonds. The predicted octanol–water partition coefficient (Wildman–Crippen LogP) is 1.11. The number of nitrogens with two attached hydrogens (primary N) is 1. The van der Waals surface area contributed by atoms with E-state index in [1.165, 1.54) is 0 Å². The topological polar surface area (TPSA) is 58.8 Å². The lowest BCUT2D eigenvalue weighted by molar-refractivity contribution is -0.129. The number of likely N-dealkylation sites (N-methyl/N-ethyl adjacent to an activating group) is 2. The molecule has 0 radical (unpaired) electrons. The van der Waals surface area contributed by atoms with Gasteiger partial charge in [0, 0.05) is 26.2 Å². The second-order valence-electron chi connectivity index (χ2n) is 4.89. The monoisotopic (exact) mass is 309 g/mol. The van der Waals surface area contributed by atoms with Crippen LogP contribution < -0.4 is 10.5 Å². The van der Waals surface area contributed by atoms with E-state index in [-0.39, 0.29) is 5.91 Å². The van der Waals surface area contributed by atoms with E-state index in [9.17, 15) is 4.79 Å². The molecule has 0 aliphatic heterocycles. The molecule has 0 spiro atoms. The third kappa shape index (κ3) is 6.10. The molecule has 0 aromatic heterocycles. The van der Waals surface area contributed by atoms with Gasteiger partial charge in [-0.05, 0) is 30.8 Å². The summed E-state index contributed by atoms with van der Waals surface area (Å²) in [7, 11) is 3.52. The fraction of sp³-hybridized carbons (Fsp3) is 0.467. The maximum Gasteiger partial charge on any atom is 0.236 e. The van der Waals surface area contributed by atoms with Gasteiger partial charge in [-0.1, -0.05) is 19.1 Å². The highest BCUT2D eigenvalue weighted by Crippen LogP contribution is 2.12. The van der Waals surface area contributed by atoms with Gasteiger partial charge in [-0.2, -0.15) is 0 Å². The minimum Gasteiger partial charge on any atom is -0.492 e.